The highest BCUT2D eigenvalue weighted by Crippen LogP contribution is 2.66. The molecule has 9 heteroatoms. The van der Waals surface area contributed by atoms with Gasteiger partial charge < -0.3 is 0 Å². The van der Waals surface area contributed by atoms with E-state index < -0.39 is 22.7 Å². The van der Waals surface area contributed by atoms with Gasteiger partial charge >= 0.3 is 16.2 Å². The van der Waals surface area contributed by atoms with Gasteiger partial charge in [0.15, 0.2) is 0 Å². The van der Waals surface area contributed by atoms with Gasteiger partial charge in [0, 0.05) is 0 Å². The first-order valence-corrected chi connectivity index (χ1v) is 5.93. The second-order valence-corrected chi connectivity index (χ2v) is 5.34. The van der Waals surface area contributed by atoms with Crippen LogP contribution in [0.1, 0.15) is 0 Å². The number of hydrogen-bond acceptors (Lipinski definition) is 7. The van der Waals surface area contributed by atoms with Crippen LogP contribution in [0.5, 0.6) is 0 Å². The number of nitrogens with zero attached hydrogens (tertiary/aromatic N) is 1. The zero-order valence-corrected chi connectivity index (χ0v) is 7.81. The van der Waals surface area contributed by atoms with E-state index in [1.807, 2.05) is 0 Å². The molecule has 0 aliphatic carbocycles. The molecule has 12 heavy (non-hydrogen) atoms. The van der Waals surface area contributed by atoms with Crippen LogP contribution < -0.4 is 0 Å². The Bertz CT molecular complexity index is 147. The summed E-state index contributed by atoms with van der Waals surface area (Å²) in [7, 11) is -9.20. The Morgan fingerprint density at radius 1 is 1.00 bits per heavy atom. The van der Waals surface area contributed by atoms with E-state index in [1.165, 1.54) is 0 Å². The third-order valence-corrected chi connectivity index (χ3v) is 3.92. The molecule has 0 fully saturated rings. The van der Waals surface area contributed by atoms with Crippen molar-refractivity contribution in [3.63, 3.8) is 0 Å². The van der Waals surface area contributed by atoms with E-state index in [0.29, 0.717) is 0 Å². The summed E-state index contributed by atoms with van der Waals surface area (Å²) in [5.74, 6) is 0. The van der Waals surface area contributed by atoms with Crippen LogP contribution in [0.4, 0.5) is 0 Å². The van der Waals surface area contributed by atoms with Crippen LogP contribution in [0.2, 0.25) is 0 Å². The molecule has 0 atom stereocenters. The molecule has 0 aromatic carbocycles. The summed E-state index contributed by atoms with van der Waals surface area (Å²) in [5.41, 5.74) is 0. The van der Waals surface area contributed by atoms with Crippen LogP contribution in [0, 0.1) is 0 Å². The molecule has 0 saturated heterocycles. The third kappa shape index (κ3) is 3.82. The van der Waals surface area contributed by atoms with Crippen molar-refractivity contribution >= 4 is 16.2 Å². The molecule has 0 heterocycles. The molecule has 0 saturated carbocycles. The molecule has 0 amide bonds. The van der Waals surface area contributed by atoms with Gasteiger partial charge in [-0.2, -0.15) is 29.4 Å². The van der Waals surface area contributed by atoms with Crippen molar-refractivity contribution < 1.29 is 29.4 Å². The predicted molar refractivity (Wildman–Crippen MR) is 44.1 cm³/mol. The number of rotatable bonds is 4. The van der Waals surface area contributed by atoms with Gasteiger partial charge in [0.25, 0.3) is 0 Å². The van der Waals surface area contributed by atoms with E-state index in [9.17, 15) is 0 Å². The molecular weight excluding hydrogens is 208 g/mol. The van der Waals surface area contributed by atoms with Crippen LogP contribution in [-0.2, 0) is 0 Å². The van der Waals surface area contributed by atoms with Crippen LogP contribution in [-0.4, -0.2) is 40.3 Å². The first-order valence-electron chi connectivity index (χ1n) is 2.73. The fourth-order valence-corrected chi connectivity index (χ4v) is 2.45. The molecule has 0 unspecified atom stereocenters. The molecule has 0 bridgehead atoms. The minimum atomic E-state index is -4.60. The SMILES string of the molecule is C=CCN([P+](O)(O)O)[P+](O)(O)O. The summed E-state index contributed by atoms with van der Waals surface area (Å²) in [4.78, 5) is 51.6. The van der Waals surface area contributed by atoms with Crippen molar-refractivity contribution in [2.45, 2.75) is 0 Å². The van der Waals surface area contributed by atoms with Gasteiger partial charge in [-0.15, -0.1) is 6.58 Å². The van der Waals surface area contributed by atoms with Crippen molar-refractivity contribution in [3.8, 4) is 0 Å². The zero-order valence-electron chi connectivity index (χ0n) is 6.02. The second-order valence-electron chi connectivity index (χ2n) is 1.92. The second kappa shape index (κ2) is 4.02. The molecular formula is C3H11NO6P2+2. The van der Waals surface area contributed by atoms with Crippen molar-refractivity contribution in [2.75, 3.05) is 6.54 Å². The Balaban J connectivity index is 4.56. The van der Waals surface area contributed by atoms with Gasteiger partial charge in [-0.1, -0.05) is 6.08 Å². The summed E-state index contributed by atoms with van der Waals surface area (Å²) < 4.78 is -0.00694. The standard InChI is InChI=1S/C3H11NO6P2/c1-2-3-4(11(5,6)7)12(8,9)10/h2,5-10H,1,3H2/q+2. The van der Waals surface area contributed by atoms with Crippen molar-refractivity contribution in [1.82, 2.24) is 4.44 Å². The van der Waals surface area contributed by atoms with Gasteiger partial charge in [0.05, 0.1) is 0 Å². The lowest BCUT2D eigenvalue weighted by atomic mass is 10.7. The van der Waals surface area contributed by atoms with E-state index in [2.05, 4.69) is 6.58 Å². The fraction of sp³-hybridized carbons (Fsp3) is 0.333. The largest absolute Gasteiger partial charge is 0.537 e. The normalized spacial score (nSPS) is 13.6. The average Bonchev–Trinajstić information content (AvgIpc) is 1.77. The summed E-state index contributed by atoms with van der Waals surface area (Å²) in [6.45, 7) is 2.70. The number of hydrogen-bond donors (Lipinski definition) is 6. The van der Waals surface area contributed by atoms with Gasteiger partial charge in [0.1, 0.15) is 11.0 Å². The maximum atomic E-state index is 8.59. The van der Waals surface area contributed by atoms with E-state index in [1.54, 1.807) is 0 Å². The lowest BCUT2D eigenvalue weighted by molar-refractivity contribution is 0.226. The summed E-state index contributed by atoms with van der Waals surface area (Å²) in [6, 6.07) is 0. The van der Waals surface area contributed by atoms with Gasteiger partial charge in [0.2, 0.25) is 0 Å². The topological polar surface area (TPSA) is 125 Å². The molecule has 0 spiro atoms. The van der Waals surface area contributed by atoms with Crippen molar-refractivity contribution in [2.24, 2.45) is 0 Å². The first kappa shape index (κ1) is 12.3. The summed E-state index contributed by atoms with van der Waals surface area (Å²) in [5, 5.41) is 0. The summed E-state index contributed by atoms with van der Waals surface area (Å²) >= 11 is 0. The lowest BCUT2D eigenvalue weighted by Gasteiger charge is -2.16. The Labute approximate surface area is 70.1 Å². The summed E-state index contributed by atoms with van der Waals surface area (Å²) in [6.07, 6.45) is 1.06. The Morgan fingerprint density at radius 2 is 1.33 bits per heavy atom. The fourth-order valence-electron chi connectivity index (χ4n) is 0.496. The van der Waals surface area contributed by atoms with E-state index in [4.69, 9.17) is 29.4 Å². The first-order chi connectivity index (χ1) is 5.19. The van der Waals surface area contributed by atoms with E-state index >= 15 is 0 Å². The Morgan fingerprint density at radius 3 is 1.42 bits per heavy atom. The predicted octanol–water partition coefficient (Wildman–Crippen LogP) is -1.22. The quantitative estimate of drug-likeness (QED) is 0.258. The molecule has 7 nitrogen and oxygen atoms in total. The molecule has 0 radical (unpaired) electrons. The van der Waals surface area contributed by atoms with Crippen LogP contribution in [0.15, 0.2) is 12.7 Å². The Kier molecular flexibility index (Phi) is 4.13. The smallest absolute Gasteiger partial charge is 0.175 e. The van der Waals surface area contributed by atoms with Crippen molar-refractivity contribution in [1.29, 1.82) is 0 Å². The van der Waals surface area contributed by atoms with Gasteiger partial charge in [-0.3, -0.25) is 0 Å². The van der Waals surface area contributed by atoms with E-state index in [-0.39, 0.29) is 4.44 Å². The van der Waals surface area contributed by atoms with Crippen LogP contribution >= 0.6 is 16.2 Å². The maximum Gasteiger partial charge on any atom is 0.537 e. The third-order valence-electron chi connectivity index (χ3n) is 0.912. The minimum absolute atomic E-state index is 0.00694. The molecule has 72 valence electrons. The molecule has 0 aromatic heterocycles. The molecule has 0 rings (SSSR count). The molecule has 0 aliphatic rings. The monoisotopic (exact) mass is 219 g/mol. The molecule has 0 aromatic rings. The molecule has 6 N–H and O–H groups in total. The average molecular weight is 219 g/mol. The maximum absolute atomic E-state index is 8.59. The van der Waals surface area contributed by atoms with Crippen LogP contribution in [0.3, 0.4) is 0 Å². The minimum Gasteiger partial charge on any atom is -0.175 e. The van der Waals surface area contributed by atoms with Crippen molar-refractivity contribution in [3.05, 3.63) is 12.7 Å². The van der Waals surface area contributed by atoms with Gasteiger partial charge in [-0.25, -0.2) is 0 Å². The highest BCUT2D eigenvalue weighted by Gasteiger charge is 2.61. The van der Waals surface area contributed by atoms with E-state index in [0.717, 1.165) is 6.08 Å². The highest BCUT2D eigenvalue weighted by atomic mass is 31.3. The lowest BCUT2D eigenvalue weighted by Crippen LogP contribution is -2.24. The Hall–Kier alpha value is 0.320. The highest BCUT2D eigenvalue weighted by molar-refractivity contribution is 7.71. The van der Waals surface area contributed by atoms with Gasteiger partial charge in [-0.05, 0) is 0 Å². The molecule has 0 aliphatic heterocycles. The zero-order chi connectivity index (χ0) is 9.99. The van der Waals surface area contributed by atoms with Crippen LogP contribution in [0.25, 0.3) is 0 Å².